The Morgan fingerprint density at radius 2 is 1.85 bits per heavy atom. The third-order valence-corrected chi connectivity index (χ3v) is 1.58. The molecule has 0 bridgehead atoms. The fourth-order valence-electron chi connectivity index (χ4n) is 0.705. The highest BCUT2D eigenvalue weighted by Gasteiger charge is 1.89. The van der Waals surface area contributed by atoms with Crippen molar-refractivity contribution in [2.24, 2.45) is 0 Å². The minimum atomic E-state index is 0.542. The first-order valence-corrected chi connectivity index (χ1v) is 4.30. The average Bonchev–Trinajstić information content (AvgIpc) is 2.10. The number of hydrogen-bond acceptors (Lipinski definition) is 1. The summed E-state index contributed by atoms with van der Waals surface area (Å²) in [4.78, 5) is 0. The summed E-state index contributed by atoms with van der Waals surface area (Å²) in [5.74, 6) is 0. The van der Waals surface area contributed by atoms with Crippen molar-refractivity contribution in [3.05, 3.63) is 48.1 Å². The second-order valence-corrected chi connectivity index (χ2v) is 2.92. The standard InChI is InChI=1S/C12H17N/c1-5-6-7-10(2)11(3)8-9-12(4)13/h5-9,13H,3H2,1-2,4H3/b6-5-,9-8-,10-7+,13-12?. The number of hydrogen-bond donors (Lipinski definition) is 1. The molecule has 0 aromatic carbocycles. The van der Waals surface area contributed by atoms with E-state index >= 15 is 0 Å². The first-order chi connectivity index (χ1) is 6.07. The van der Waals surface area contributed by atoms with E-state index in [0.717, 1.165) is 11.1 Å². The first-order valence-electron chi connectivity index (χ1n) is 4.30. The van der Waals surface area contributed by atoms with Crippen molar-refractivity contribution in [3.63, 3.8) is 0 Å². The van der Waals surface area contributed by atoms with Gasteiger partial charge in [0.25, 0.3) is 0 Å². The van der Waals surface area contributed by atoms with Gasteiger partial charge >= 0.3 is 0 Å². The van der Waals surface area contributed by atoms with Crippen LogP contribution in [0.4, 0.5) is 0 Å². The third-order valence-electron chi connectivity index (χ3n) is 1.58. The van der Waals surface area contributed by atoms with Gasteiger partial charge < -0.3 is 5.41 Å². The highest BCUT2D eigenvalue weighted by atomic mass is 14.4. The Balaban J connectivity index is 4.35. The largest absolute Gasteiger partial charge is 0.306 e. The number of allylic oxidation sites excluding steroid dienone is 7. The second kappa shape index (κ2) is 6.18. The summed E-state index contributed by atoms with van der Waals surface area (Å²) < 4.78 is 0. The number of rotatable bonds is 4. The highest BCUT2D eigenvalue weighted by Crippen LogP contribution is 2.08. The van der Waals surface area contributed by atoms with Gasteiger partial charge in [0.05, 0.1) is 0 Å². The maximum absolute atomic E-state index is 7.21. The van der Waals surface area contributed by atoms with Crippen LogP contribution >= 0.6 is 0 Å². The van der Waals surface area contributed by atoms with Gasteiger partial charge in [-0.25, -0.2) is 0 Å². The maximum Gasteiger partial charge on any atom is 0.0283 e. The van der Waals surface area contributed by atoms with E-state index < -0.39 is 0 Å². The van der Waals surface area contributed by atoms with Gasteiger partial charge in [-0.2, -0.15) is 0 Å². The van der Waals surface area contributed by atoms with Gasteiger partial charge in [-0.1, -0.05) is 30.9 Å². The molecule has 0 radical (unpaired) electrons. The zero-order valence-corrected chi connectivity index (χ0v) is 8.59. The molecule has 0 unspecified atom stereocenters. The van der Waals surface area contributed by atoms with Gasteiger partial charge in [-0.3, -0.25) is 0 Å². The smallest absolute Gasteiger partial charge is 0.0283 e. The van der Waals surface area contributed by atoms with Crippen LogP contribution < -0.4 is 0 Å². The molecule has 0 heterocycles. The summed E-state index contributed by atoms with van der Waals surface area (Å²) in [6.07, 6.45) is 9.56. The van der Waals surface area contributed by atoms with Crippen LogP contribution in [0.1, 0.15) is 20.8 Å². The lowest BCUT2D eigenvalue weighted by Crippen LogP contribution is -1.82. The van der Waals surface area contributed by atoms with Crippen molar-refractivity contribution in [3.8, 4) is 0 Å². The molecule has 0 spiro atoms. The van der Waals surface area contributed by atoms with Crippen molar-refractivity contribution in [2.45, 2.75) is 20.8 Å². The Morgan fingerprint density at radius 1 is 1.23 bits per heavy atom. The molecule has 0 aromatic rings. The maximum atomic E-state index is 7.21. The zero-order chi connectivity index (χ0) is 10.3. The van der Waals surface area contributed by atoms with Gasteiger partial charge in [0.2, 0.25) is 0 Å². The van der Waals surface area contributed by atoms with Crippen LogP contribution in [0.2, 0.25) is 0 Å². The molecule has 0 aliphatic rings. The Labute approximate surface area is 80.7 Å². The van der Waals surface area contributed by atoms with Gasteiger partial charge in [-0.05, 0) is 38.0 Å². The predicted molar refractivity (Wildman–Crippen MR) is 60.3 cm³/mol. The van der Waals surface area contributed by atoms with Gasteiger partial charge in [0.15, 0.2) is 0 Å². The van der Waals surface area contributed by atoms with Gasteiger partial charge in [0.1, 0.15) is 0 Å². The van der Waals surface area contributed by atoms with Crippen molar-refractivity contribution in [1.82, 2.24) is 0 Å². The molecule has 1 nitrogen and oxygen atoms in total. The Morgan fingerprint density at radius 3 is 2.31 bits per heavy atom. The molecule has 0 fully saturated rings. The van der Waals surface area contributed by atoms with Crippen LogP contribution in [-0.2, 0) is 0 Å². The molecule has 0 aliphatic carbocycles. The van der Waals surface area contributed by atoms with Crippen LogP contribution in [0.15, 0.2) is 48.1 Å². The van der Waals surface area contributed by atoms with Crippen LogP contribution in [0.3, 0.4) is 0 Å². The Bertz CT molecular complexity index is 277. The van der Waals surface area contributed by atoms with Crippen LogP contribution in [0.5, 0.6) is 0 Å². The van der Waals surface area contributed by atoms with Gasteiger partial charge in [0, 0.05) is 5.71 Å². The minimum absolute atomic E-state index is 0.542. The van der Waals surface area contributed by atoms with E-state index in [4.69, 9.17) is 5.41 Å². The SMILES string of the molecule is C=C(/C=C\C(C)=N)/C(C)=C/C=C\C. The summed E-state index contributed by atoms with van der Waals surface area (Å²) in [5.41, 5.74) is 2.61. The Hall–Kier alpha value is -1.37. The fourth-order valence-corrected chi connectivity index (χ4v) is 0.705. The van der Waals surface area contributed by atoms with E-state index in [0.29, 0.717) is 5.71 Å². The summed E-state index contributed by atoms with van der Waals surface area (Å²) in [5, 5.41) is 7.21. The molecular weight excluding hydrogens is 158 g/mol. The van der Waals surface area contributed by atoms with Crippen molar-refractivity contribution < 1.29 is 0 Å². The molecule has 0 aliphatic heterocycles. The topological polar surface area (TPSA) is 23.9 Å². The van der Waals surface area contributed by atoms with Crippen molar-refractivity contribution in [1.29, 1.82) is 5.41 Å². The lowest BCUT2D eigenvalue weighted by molar-refractivity contribution is 1.43. The molecule has 1 N–H and O–H groups in total. The van der Waals surface area contributed by atoms with E-state index in [9.17, 15) is 0 Å². The summed E-state index contributed by atoms with van der Waals surface area (Å²) >= 11 is 0. The first kappa shape index (κ1) is 11.6. The Kier molecular flexibility index (Phi) is 5.53. The van der Waals surface area contributed by atoms with E-state index in [1.54, 1.807) is 13.0 Å². The highest BCUT2D eigenvalue weighted by molar-refractivity contribution is 5.90. The van der Waals surface area contributed by atoms with E-state index in [-0.39, 0.29) is 0 Å². The lowest BCUT2D eigenvalue weighted by Gasteiger charge is -1.97. The normalized spacial score (nSPS) is 12.7. The van der Waals surface area contributed by atoms with Gasteiger partial charge in [-0.15, -0.1) is 0 Å². The minimum Gasteiger partial charge on any atom is -0.306 e. The van der Waals surface area contributed by atoms with E-state index in [1.807, 2.05) is 38.2 Å². The molecule has 1 heteroatoms. The van der Waals surface area contributed by atoms with Crippen molar-refractivity contribution in [2.75, 3.05) is 0 Å². The van der Waals surface area contributed by atoms with Crippen LogP contribution in [0, 0.1) is 5.41 Å². The van der Waals surface area contributed by atoms with Crippen LogP contribution in [0.25, 0.3) is 0 Å². The molecule has 0 saturated heterocycles. The lowest BCUT2D eigenvalue weighted by atomic mass is 10.1. The quantitative estimate of drug-likeness (QED) is 0.498. The van der Waals surface area contributed by atoms with E-state index in [1.165, 1.54) is 0 Å². The summed E-state index contributed by atoms with van der Waals surface area (Å²) in [7, 11) is 0. The monoisotopic (exact) mass is 175 g/mol. The number of nitrogens with one attached hydrogen (secondary N) is 1. The fraction of sp³-hybridized carbons (Fsp3) is 0.250. The summed E-state index contributed by atoms with van der Waals surface area (Å²) in [6, 6.07) is 0. The van der Waals surface area contributed by atoms with E-state index in [2.05, 4.69) is 6.58 Å². The second-order valence-electron chi connectivity index (χ2n) is 2.92. The summed E-state index contributed by atoms with van der Waals surface area (Å²) in [6.45, 7) is 9.62. The average molecular weight is 175 g/mol. The van der Waals surface area contributed by atoms with Crippen molar-refractivity contribution >= 4 is 5.71 Å². The third kappa shape index (κ3) is 5.85. The molecular formula is C12H17N. The molecule has 0 aromatic heterocycles. The zero-order valence-electron chi connectivity index (χ0n) is 8.59. The predicted octanol–water partition coefficient (Wildman–Crippen LogP) is 3.66. The molecule has 70 valence electrons. The van der Waals surface area contributed by atoms with Crippen LogP contribution in [-0.4, -0.2) is 5.71 Å². The molecule has 0 atom stereocenters. The molecule has 0 rings (SSSR count). The molecule has 13 heavy (non-hydrogen) atoms. The molecule has 0 amide bonds. The molecule has 0 saturated carbocycles.